The lowest BCUT2D eigenvalue weighted by Gasteiger charge is -2.25. The van der Waals surface area contributed by atoms with Crippen LogP contribution in [0, 0.1) is 0 Å². The number of benzene rings is 1. The van der Waals surface area contributed by atoms with E-state index in [1.165, 1.54) is 0 Å². The summed E-state index contributed by atoms with van der Waals surface area (Å²) in [6, 6.07) is 6.49. The Bertz CT molecular complexity index is 506. The largest absolute Gasteiger partial charge is 0.425 e. The van der Waals surface area contributed by atoms with Crippen LogP contribution in [0.3, 0.4) is 0 Å². The Morgan fingerprint density at radius 1 is 1.37 bits per heavy atom. The number of esters is 1. The number of carbonyl (C=O) groups excluding carboxylic acids is 2. The minimum absolute atomic E-state index is 0.0108. The summed E-state index contributed by atoms with van der Waals surface area (Å²) >= 11 is 0. The molecule has 5 nitrogen and oxygen atoms in total. The van der Waals surface area contributed by atoms with Crippen molar-refractivity contribution >= 4 is 11.9 Å². The molecular formula is C14H18N2O3. The number of carbonyl (C=O) groups is 2. The smallest absolute Gasteiger partial charge is 0.325 e. The zero-order chi connectivity index (χ0) is 14.0. The van der Waals surface area contributed by atoms with Crippen molar-refractivity contribution in [2.24, 2.45) is 0 Å². The van der Waals surface area contributed by atoms with Crippen LogP contribution in [0.25, 0.3) is 0 Å². The highest BCUT2D eigenvalue weighted by atomic mass is 16.5. The van der Waals surface area contributed by atoms with Crippen molar-refractivity contribution in [3.63, 3.8) is 0 Å². The summed E-state index contributed by atoms with van der Waals surface area (Å²) in [5.74, 6) is -0.122. The highest BCUT2D eigenvalue weighted by molar-refractivity contribution is 5.87. The van der Waals surface area contributed by atoms with Gasteiger partial charge in [-0.2, -0.15) is 0 Å². The Balaban J connectivity index is 2.31. The van der Waals surface area contributed by atoms with Gasteiger partial charge in [-0.15, -0.1) is 0 Å². The number of amides is 1. The van der Waals surface area contributed by atoms with Gasteiger partial charge in [-0.05, 0) is 26.8 Å². The summed E-state index contributed by atoms with van der Waals surface area (Å²) in [4.78, 5) is 23.8. The quantitative estimate of drug-likeness (QED) is 0.588. The first-order chi connectivity index (χ1) is 8.87. The van der Waals surface area contributed by atoms with Crippen LogP contribution < -0.4 is 15.4 Å². The maximum absolute atomic E-state index is 12.3. The predicted octanol–water partition coefficient (Wildman–Crippen LogP) is 1.15. The number of hydrogen-bond acceptors (Lipinski definition) is 4. The molecule has 0 radical (unpaired) electrons. The van der Waals surface area contributed by atoms with Gasteiger partial charge in [0, 0.05) is 11.1 Å². The van der Waals surface area contributed by atoms with E-state index in [-0.39, 0.29) is 18.0 Å². The SMILES string of the molecule is CC(C)(C)NC(=O)C1NCC(=O)Oc2ccccc21. The van der Waals surface area contributed by atoms with Gasteiger partial charge in [-0.3, -0.25) is 14.9 Å². The summed E-state index contributed by atoms with van der Waals surface area (Å²) < 4.78 is 5.19. The van der Waals surface area contributed by atoms with Crippen LogP contribution in [0.2, 0.25) is 0 Å². The second-order valence-electron chi connectivity index (χ2n) is 5.57. The molecular weight excluding hydrogens is 244 g/mol. The summed E-state index contributed by atoms with van der Waals surface area (Å²) in [7, 11) is 0. The van der Waals surface area contributed by atoms with Crippen LogP contribution >= 0.6 is 0 Å². The number of fused-ring (bicyclic) bond motifs is 1. The molecule has 1 aromatic rings. The molecule has 0 saturated heterocycles. The van der Waals surface area contributed by atoms with Crippen LogP contribution in [0.5, 0.6) is 5.75 Å². The lowest BCUT2D eigenvalue weighted by atomic mass is 10.0. The molecule has 0 bridgehead atoms. The monoisotopic (exact) mass is 262 g/mol. The number of para-hydroxylation sites is 1. The normalized spacial score (nSPS) is 19.1. The fourth-order valence-corrected chi connectivity index (χ4v) is 1.94. The van der Waals surface area contributed by atoms with E-state index in [0.717, 1.165) is 0 Å². The van der Waals surface area contributed by atoms with Crippen LogP contribution in [0.1, 0.15) is 32.4 Å². The third kappa shape index (κ3) is 3.32. The van der Waals surface area contributed by atoms with Crippen molar-refractivity contribution in [2.75, 3.05) is 6.54 Å². The molecule has 19 heavy (non-hydrogen) atoms. The number of hydrogen-bond donors (Lipinski definition) is 2. The van der Waals surface area contributed by atoms with Gasteiger partial charge in [-0.1, -0.05) is 18.2 Å². The average Bonchev–Trinajstić information content (AvgIpc) is 2.45. The van der Waals surface area contributed by atoms with Crippen molar-refractivity contribution in [1.29, 1.82) is 0 Å². The lowest BCUT2D eigenvalue weighted by molar-refractivity contribution is -0.133. The first-order valence-electron chi connectivity index (χ1n) is 6.22. The standard InChI is InChI=1S/C14H18N2O3/c1-14(2,3)16-13(18)12-9-6-4-5-7-10(9)19-11(17)8-15-12/h4-7,12,15H,8H2,1-3H3,(H,16,18). The van der Waals surface area contributed by atoms with Gasteiger partial charge in [0.1, 0.15) is 11.8 Å². The molecule has 2 rings (SSSR count). The van der Waals surface area contributed by atoms with Crippen molar-refractivity contribution in [1.82, 2.24) is 10.6 Å². The molecule has 1 aliphatic heterocycles. The molecule has 1 heterocycles. The van der Waals surface area contributed by atoms with E-state index in [1.54, 1.807) is 18.2 Å². The average molecular weight is 262 g/mol. The molecule has 1 unspecified atom stereocenters. The number of rotatable bonds is 1. The van der Waals surface area contributed by atoms with E-state index in [9.17, 15) is 9.59 Å². The summed E-state index contributed by atoms with van der Waals surface area (Å²) in [5.41, 5.74) is 0.348. The Morgan fingerprint density at radius 2 is 2.05 bits per heavy atom. The molecule has 1 atom stereocenters. The highest BCUT2D eigenvalue weighted by Crippen LogP contribution is 2.27. The van der Waals surface area contributed by atoms with Gasteiger partial charge >= 0.3 is 5.97 Å². The van der Waals surface area contributed by atoms with Crippen LogP contribution in [0.4, 0.5) is 0 Å². The van der Waals surface area contributed by atoms with Gasteiger partial charge in [0.15, 0.2) is 0 Å². The van der Waals surface area contributed by atoms with Crippen molar-refractivity contribution in [3.05, 3.63) is 29.8 Å². The topological polar surface area (TPSA) is 67.4 Å². The molecule has 0 spiro atoms. The van der Waals surface area contributed by atoms with Gasteiger partial charge < -0.3 is 10.1 Å². The van der Waals surface area contributed by atoms with E-state index >= 15 is 0 Å². The van der Waals surface area contributed by atoms with E-state index in [4.69, 9.17) is 4.74 Å². The maximum Gasteiger partial charge on any atom is 0.325 e. The maximum atomic E-state index is 12.3. The van der Waals surface area contributed by atoms with Gasteiger partial charge in [-0.25, -0.2) is 0 Å². The van der Waals surface area contributed by atoms with Crippen molar-refractivity contribution in [2.45, 2.75) is 32.4 Å². The Labute approximate surface area is 112 Å². The molecule has 0 aliphatic carbocycles. The number of ether oxygens (including phenoxy) is 1. The van der Waals surface area contributed by atoms with Crippen molar-refractivity contribution in [3.8, 4) is 5.75 Å². The van der Waals surface area contributed by atoms with E-state index in [2.05, 4.69) is 10.6 Å². The van der Waals surface area contributed by atoms with E-state index in [1.807, 2.05) is 26.8 Å². The highest BCUT2D eigenvalue weighted by Gasteiger charge is 2.30. The fraction of sp³-hybridized carbons (Fsp3) is 0.429. The van der Waals surface area contributed by atoms with E-state index < -0.39 is 12.0 Å². The molecule has 1 aliphatic rings. The number of nitrogens with one attached hydrogen (secondary N) is 2. The summed E-state index contributed by atoms with van der Waals surface area (Å²) in [5, 5.41) is 5.83. The second-order valence-corrected chi connectivity index (χ2v) is 5.57. The third-order valence-electron chi connectivity index (χ3n) is 2.66. The summed E-state index contributed by atoms with van der Waals surface area (Å²) in [6.45, 7) is 5.75. The van der Waals surface area contributed by atoms with Crippen LogP contribution in [0.15, 0.2) is 24.3 Å². The molecule has 102 valence electrons. The zero-order valence-electron chi connectivity index (χ0n) is 11.3. The molecule has 0 aromatic heterocycles. The minimum Gasteiger partial charge on any atom is -0.425 e. The lowest BCUT2D eigenvalue weighted by Crippen LogP contribution is -2.46. The van der Waals surface area contributed by atoms with Crippen molar-refractivity contribution < 1.29 is 14.3 Å². The predicted molar refractivity (Wildman–Crippen MR) is 70.7 cm³/mol. The molecule has 2 N–H and O–H groups in total. The summed E-state index contributed by atoms with van der Waals surface area (Å²) in [6.07, 6.45) is 0. The van der Waals surface area contributed by atoms with Gasteiger partial charge in [0.25, 0.3) is 0 Å². The van der Waals surface area contributed by atoms with Gasteiger partial charge in [0.05, 0.1) is 6.54 Å². The third-order valence-corrected chi connectivity index (χ3v) is 2.66. The molecule has 0 fully saturated rings. The first-order valence-corrected chi connectivity index (χ1v) is 6.22. The Kier molecular flexibility index (Phi) is 3.57. The second kappa shape index (κ2) is 5.01. The zero-order valence-corrected chi connectivity index (χ0v) is 11.3. The fourth-order valence-electron chi connectivity index (χ4n) is 1.94. The molecule has 0 saturated carbocycles. The first kappa shape index (κ1) is 13.5. The molecule has 5 heteroatoms. The van der Waals surface area contributed by atoms with Gasteiger partial charge in [0.2, 0.25) is 5.91 Å². The van der Waals surface area contributed by atoms with Crippen LogP contribution in [-0.4, -0.2) is 24.0 Å². The molecule has 1 aromatic carbocycles. The minimum atomic E-state index is -0.582. The molecule has 1 amide bonds. The van der Waals surface area contributed by atoms with E-state index in [0.29, 0.717) is 11.3 Å². The van der Waals surface area contributed by atoms with Crippen LogP contribution in [-0.2, 0) is 9.59 Å². The Hall–Kier alpha value is -1.88. The Morgan fingerprint density at radius 3 is 2.74 bits per heavy atom.